The van der Waals surface area contributed by atoms with Crippen LogP contribution in [0.2, 0.25) is 0 Å². The van der Waals surface area contributed by atoms with Crippen molar-refractivity contribution in [3.05, 3.63) is 60.7 Å². The molecule has 3 aromatic carbocycles. The lowest BCUT2D eigenvalue weighted by Crippen LogP contribution is -1.87. The van der Waals surface area contributed by atoms with Crippen molar-refractivity contribution in [2.45, 2.75) is 0 Å². The largest absolute Gasteiger partial charge is 0.508 e. The normalized spacial score (nSPS) is 10.9. The van der Waals surface area contributed by atoms with Gasteiger partial charge in [-0.1, -0.05) is 23.5 Å². The van der Waals surface area contributed by atoms with E-state index >= 15 is 0 Å². The van der Waals surface area contributed by atoms with Crippen LogP contribution >= 0.6 is 11.3 Å². The van der Waals surface area contributed by atoms with Crippen LogP contribution in [0.25, 0.3) is 44.1 Å². The molecule has 0 aliphatic carbocycles. The molecule has 0 aliphatic heterocycles. The van der Waals surface area contributed by atoms with E-state index < -0.39 is 0 Å². The van der Waals surface area contributed by atoms with Crippen LogP contribution in [0.4, 0.5) is 0 Å². The van der Waals surface area contributed by atoms with Crippen LogP contribution in [0.3, 0.4) is 0 Å². The van der Waals surface area contributed by atoms with E-state index in [9.17, 15) is 15.3 Å². The van der Waals surface area contributed by atoms with Gasteiger partial charge in [0.05, 0.1) is 12.7 Å². The summed E-state index contributed by atoms with van der Waals surface area (Å²) in [6.45, 7) is 0. The number of aromatic hydroxyl groups is 3. The molecule has 0 spiro atoms. The zero-order valence-electron chi connectivity index (χ0n) is 17.1. The lowest BCUT2D eigenvalue weighted by atomic mass is 10.1. The standard InChI is InChI=1S/C23H16N4O5S/c1-31-19-11-15(28)7-8-16(19)21-25-24-20(32-21)12-2-4-13(5-3-12)22-26-27-23(33-22)14-6-9-17(29)18(30)10-14/h2-11,28-30H,1H3. The highest BCUT2D eigenvalue weighted by atomic mass is 32.1. The summed E-state index contributed by atoms with van der Waals surface area (Å²) in [5.41, 5.74) is 2.81. The van der Waals surface area contributed by atoms with Crippen molar-refractivity contribution in [1.82, 2.24) is 20.4 Å². The molecule has 9 nitrogen and oxygen atoms in total. The monoisotopic (exact) mass is 460 g/mol. The van der Waals surface area contributed by atoms with Crippen LogP contribution in [0, 0.1) is 0 Å². The van der Waals surface area contributed by atoms with Crippen LogP contribution in [0.15, 0.2) is 65.1 Å². The molecule has 0 bridgehead atoms. The number of phenolic OH excluding ortho intramolecular Hbond substituents is 3. The van der Waals surface area contributed by atoms with E-state index in [0.29, 0.717) is 32.8 Å². The number of rotatable bonds is 5. The molecule has 0 radical (unpaired) electrons. The van der Waals surface area contributed by atoms with Crippen LogP contribution < -0.4 is 4.74 Å². The van der Waals surface area contributed by atoms with E-state index in [1.165, 1.54) is 42.7 Å². The van der Waals surface area contributed by atoms with E-state index in [1.807, 2.05) is 24.3 Å². The Hall–Kier alpha value is -4.44. The van der Waals surface area contributed by atoms with Gasteiger partial charge in [-0.15, -0.1) is 20.4 Å². The van der Waals surface area contributed by atoms with E-state index in [1.54, 1.807) is 12.1 Å². The molecule has 0 saturated carbocycles. The van der Waals surface area contributed by atoms with Crippen molar-refractivity contribution in [1.29, 1.82) is 0 Å². The Morgan fingerprint density at radius 2 is 1.36 bits per heavy atom. The number of nitrogens with zero attached hydrogens (tertiary/aromatic N) is 4. The maximum atomic E-state index is 9.71. The van der Waals surface area contributed by atoms with Gasteiger partial charge in [-0.25, -0.2) is 0 Å². The molecular formula is C23H16N4O5S. The summed E-state index contributed by atoms with van der Waals surface area (Å²) >= 11 is 1.36. The number of benzene rings is 3. The molecule has 0 amide bonds. The molecule has 10 heteroatoms. The van der Waals surface area contributed by atoms with Crippen LogP contribution in [-0.2, 0) is 0 Å². The van der Waals surface area contributed by atoms with E-state index in [2.05, 4.69) is 20.4 Å². The predicted molar refractivity (Wildman–Crippen MR) is 121 cm³/mol. The first kappa shape index (κ1) is 20.5. The summed E-state index contributed by atoms with van der Waals surface area (Å²) in [5.74, 6) is 0.716. The average molecular weight is 460 g/mol. The smallest absolute Gasteiger partial charge is 0.251 e. The lowest BCUT2D eigenvalue weighted by molar-refractivity contribution is 0.404. The van der Waals surface area contributed by atoms with Crippen molar-refractivity contribution in [3.63, 3.8) is 0 Å². The molecule has 164 valence electrons. The highest BCUT2D eigenvalue weighted by Crippen LogP contribution is 2.36. The maximum absolute atomic E-state index is 9.71. The molecule has 33 heavy (non-hydrogen) atoms. The van der Waals surface area contributed by atoms with Gasteiger partial charge in [-0.2, -0.15) is 0 Å². The summed E-state index contributed by atoms with van der Waals surface area (Å²) in [6.07, 6.45) is 0. The minimum atomic E-state index is -0.211. The van der Waals surface area contributed by atoms with Crippen LogP contribution in [-0.4, -0.2) is 42.8 Å². The molecule has 0 aliphatic rings. The predicted octanol–water partition coefficient (Wildman–Crippen LogP) is 4.71. The van der Waals surface area contributed by atoms with Crippen molar-refractivity contribution >= 4 is 11.3 Å². The fourth-order valence-electron chi connectivity index (χ4n) is 3.17. The quantitative estimate of drug-likeness (QED) is 0.319. The number of phenols is 3. The van der Waals surface area contributed by atoms with E-state index in [-0.39, 0.29) is 23.1 Å². The highest BCUT2D eigenvalue weighted by Gasteiger charge is 2.16. The maximum Gasteiger partial charge on any atom is 0.251 e. The second-order valence-corrected chi connectivity index (χ2v) is 7.97. The van der Waals surface area contributed by atoms with Gasteiger partial charge in [0.2, 0.25) is 5.89 Å². The molecule has 0 fully saturated rings. The molecule has 3 N–H and O–H groups in total. The van der Waals surface area contributed by atoms with Crippen molar-refractivity contribution in [3.8, 4) is 67.0 Å². The van der Waals surface area contributed by atoms with Gasteiger partial charge in [0.1, 0.15) is 21.5 Å². The number of hydrogen-bond donors (Lipinski definition) is 3. The van der Waals surface area contributed by atoms with Crippen molar-refractivity contribution in [2.75, 3.05) is 7.11 Å². The molecule has 5 rings (SSSR count). The Balaban J connectivity index is 1.39. The average Bonchev–Trinajstić information content (AvgIpc) is 3.51. The van der Waals surface area contributed by atoms with Gasteiger partial charge < -0.3 is 24.5 Å². The van der Waals surface area contributed by atoms with E-state index in [4.69, 9.17) is 9.15 Å². The van der Waals surface area contributed by atoms with Gasteiger partial charge in [0.15, 0.2) is 11.5 Å². The molecule has 0 atom stereocenters. The third-order valence-corrected chi connectivity index (χ3v) is 5.89. The number of ether oxygens (including phenoxy) is 1. The molecule has 2 heterocycles. The van der Waals surface area contributed by atoms with Gasteiger partial charge >= 0.3 is 0 Å². The summed E-state index contributed by atoms with van der Waals surface area (Å²) < 4.78 is 11.1. The Bertz CT molecular complexity index is 1450. The van der Waals surface area contributed by atoms with Crippen LogP contribution in [0.1, 0.15) is 0 Å². The van der Waals surface area contributed by atoms with Gasteiger partial charge in [-0.05, 0) is 42.5 Å². The van der Waals surface area contributed by atoms with Gasteiger partial charge in [0.25, 0.3) is 5.89 Å². The molecule has 0 saturated heterocycles. The van der Waals surface area contributed by atoms with Gasteiger partial charge in [-0.3, -0.25) is 0 Å². The summed E-state index contributed by atoms with van der Waals surface area (Å²) in [5, 5.41) is 46.8. The van der Waals surface area contributed by atoms with E-state index in [0.717, 1.165) is 11.1 Å². The molecular weight excluding hydrogens is 444 g/mol. The second kappa shape index (κ2) is 8.24. The Labute approximate surface area is 191 Å². The first-order valence-electron chi connectivity index (χ1n) is 9.69. The fraction of sp³-hybridized carbons (Fsp3) is 0.0435. The molecule has 2 aromatic heterocycles. The third-order valence-electron chi connectivity index (χ3n) is 4.87. The fourth-order valence-corrected chi connectivity index (χ4v) is 4.02. The van der Waals surface area contributed by atoms with Gasteiger partial charge in [0, 0.05) is 22.8 Å². The minimum absolute atomic E-state index is 0.0768. The summed E-state index contributed by atoms with van der Waals surface area (Å²) in [7, 11) is 1.50. The third kappa shape index (κ3) is 3.94. The highest BCUT2D eigenvalue weighted by molar-refractivity contribution is 7.17. The topological polar surface area (TPSA) is 135 Å². The summed E-state index contributed by atoms with van der Waals surface area (Å²) in [6, 6.07) is 16.6. The zero-order valence-corrected chi connectivity index (χ0v) is 17.9. The number of aromatic nitrogens is 4. The Morgan fingerprint density at radius 3 is 2.09 bits per heavy atom. The Morgan fingerprint density at radius 1 is 0.697 bits per heavy atom. The zero-order chi connectivity index (χ0) is 22.9. The van der Waals surface area contributed by atoms with Crippen molar-refractivity contribution < 1.29 is 24.5 Å². The molecule has 0 unspecified atom stereocenters. The number of hydrogen-bond acceptors (Lipinski definition) is 10. The first-order valence-corrected chi connectivity index (χ1v) is 10.5. The summed E-state index contributed by atoms with van der Waals surface area (Å²) in [4.78, 5) is 0. The second-order valence-electron chi connectivity index (χ2n) is 6.99. The minimum Gasteiger partial charge on any atom is -0.508 e. The lowest BCUT2D eigenvalue weighted by Gasteiger charge is -2.04. The van der Waals surface area contributed by atoms with Crippen molar-refractivity contribution in [2.24, 2.45) is 0 Å². The van der Waals surface area contributed by atoms with Crippen LogP contribution in [0.5, 0.6) is 23.0 Å². The SMILES string of the molecule is COc1cc(O)ccc1-c1nnc(-c2ccc(-c3nnc(-c4ccc(O)c(O)c4)s3)cc2)o1. The molecule has 5 aromatic rings. The Kier molecular flexibility index (Phi) is 5.11. The first-order chi connectivity index (χ1) is 16.0. The number of methoxy groups -OCH3 is 1.